The minimum absolute atomic E-state index is 0.00298. The van der Waals surface area contributed by atoms with Gasteiger partial charge in [0, 0.05) is 12.8 Å². The molecule has 1 amide bonds. The van der Waals surface area contributed by atoms with Crippen molar-refractivity contribution in [2.75, 3.05) is 13.2 Å². The van der Waals surface area contributed by atoms with Gasteiger partial charge in [-0.2, -0.15) is 0 Å². The van der Waals surface area contributed by atoms with E-state index in [9.17, 15) is 19.8 Å². The van der Waals surface area contributed by atoms with E-state index in [1.165, 1.54) is 289 Å². The van der Waals surface area contributed by atoms with Crippen LogP contribution in [-0.2, 0) is 14.3 Å². The molecule has 2 unspecified atom stereocenters. The van der Waals surface area contributed by atoms with Crippen molar-refractivity contribution in [1.82, 2.24) is 5.32 Å². The maximum atomic E-state index is 12.5. The Bertz CT molecular complexity index is 1110. The number of rotatable bonds is 64. The van der Waals surface area contributed by atoms with Crippen molar-refractivity contribution in [2.24, 2.45) is 0 Å². The fourth-order valence-corrected chi connectivity index (χ4v) is 10.9. The zero-order valence-electron chi connectivity index (χ0n) is 50.4. The number of amides is 1. The molecule has 0 aliphatic heterocycles. The van der Waals surface area contributed by atoms with Crippen LogP contribution >= 0.6 is 0 Å². The number of allylic oxidation sites excluding steroid dienone is 2. The monoisotopic (exact) mass is 1040 g/mol. The van der Waals surface area contributed by atoms with Crippen LogP contribution < -0.4 is 5.32 Å². The number of hydrogen-bond donors (Lipinski definition) is 3. The van der Waals surface area contributed by atoms with E-state index >= 15 is 0 Å². The maximum absolute atomic E-state index is 12.5. The van der Waals surface area contributed by atoms with Crippen molar-refractivity contribution in [3.05, 3.63) is 12.2 Å². The van der Waals surface area contributed by atoms with Gasteiger partial charge in [0.15, 0.2) is 0 Å². The van der Waals surface area contributed by atoms with Crippen LogP contribution in [0.5, 0.6) is 0 Å². The van der Waals surface area contributed by atoms with Gasteiger partial charge in [-0.15, -0.1) is 0 Å². The van der Waals surface area contributed by atoms with E-state index in [1.807, 2.05) is 0 Å². The molecule has 0 rings (SSSR count). The summed E-state index contributed by atoms with van der Waals surface area (Å²) in [6.45, 7) is 4.97. The van der Waals surface area contributed by atoms with Gasteiger partial charge in [-0.3, -0.25) is 9.59 Å². The topological polar surface area (TPSA) is 95.9 Å². The van der Waals surface area contributed by atoms with Crippen molar-refractivity contribution in [1.29, 1.82) is 0 Å². The van der Waals surface area contributed by atoms with E-state index in [0.717, 1.165) is 64.2 Å². The average Bonchev–Trinajstić information content (AvgIpc) is 3.40. The van der Waals surface area contributed by atoms with Gasteiger partial charge in [-0.1, -0.05) is 334 Å². The lowest BCUT2D eigenvalue weighted by Gasteiger charge is -2.22. The number of carbonyl (C=O) groups is 2. The van der Waals surface area contributed by atoms with E-state index in [2.05, 4.69) is 31.3 Å². The van der Waals surface area contributed by atoms with Gasteiger partial charge in [0.05, 0.1) is 25.4 Å². The standard InChI is InChI=1S/C68H133NO5/c1-3-5-7-9-11-13-15-17-19-21-23-24-25-26-27-28-32-36-40-44-48-52-56-60-66(71)65(64-70)69-67(72)61-57-53-49-45-41-37-33-30-31-35-39-43-47-51-55-59-63-74-68(73)62-58-54-50-46-42-38-34-29-22-20-18-16-14-12-10-8-6-4-2/h30,33,65-66,70-71H,3-29,31-32,34-64H2,1-2H3,(H,69,72)/b33-30-. The third-order valence-electron chi connectivity index (χ3n) is 16.1. The van der Waals surface area contributed by atoms with Crippen molar-refractivity contribution in [3.8, 4) is 0 Å². The summed E-state index contributed by atoms with van der Waals surface area (Å²) in [5, 5.41) is 23.4. The molecule has 0 bridgehead atoms. The molecule has 6 nitrogen and oxygen atoms in total. The van der Waals surface area contributed by atoms with Gasteiger partial charge in [-0.25, -0.2) is 0 Å². The smallest absolute Gasteiger partial charge is 0.305 e. The fourth-order valence-electron chi connectivity index (χ4n) is 10.9. The second-order valence-electron chi connectivity index (χ2n) is 23.5. The highest BCUT2D eigenvalue weighted by Gasteiger charge is 2.20. The lowest BCUT2D eigenvalue weighted by Crippen LogP contribution is -2.45. The minimum atomic E-state index is -0.676. The Labute approximate surface area is 463 Å². The van der Waals surface area contributed by atoms with Crippen LogP contribution in [0, 0.1) is 0 Å². The number of ether oxygens (including phenoxy) is 1. The summed E-state index contributed by atoms with van der Waals surface area (Å²) in [6, 6.07) is -0.554. The first-order chi connectivity index (χ1) is 36.5. The van der Waals surface area contributed by atoms with E-state index < -0.39 is 12.1 Å². The van der Waals surface area contributed by atoms with Crippen molar-refractivity contribution >= 4 is 11.9 Å². The van der Waals surface area contributed by atoms with Crippen LogP contribution in [-0.4, -0.2) is 47.4 Å². The van der Waals surface area contributed by atoms with E-state index in [-0.39, 0.29) is 18.5 Å². The van der Waals surface area contributed by atoms with Gasteiger partial charge in [0.25, 0.3) is 0 Å². The van der Waals surface area contributed by atoms with Crippen LogP contribution in [0.4, 0.5) is 0 Å². The molecule has 440 valence electrons. The highest BCUT2D eigenvalue weighted by molar-refractivity contribution is 5.76. The van der Waals surface area contributed by atoms with E-state index in [0.29, 0.717) is 25.9 Å². The highest BCUT2D eigenvalue weighted by Crippen LogP contribution is 2.19. The molecule has 74 heavy (non-hydrogen) atoms. The van der Waals surface area contributed by atoms with E-state index in [4.69, 9.17) is 4.74 Å². The highest BCUT2D eigenvalue weighted by atomic mass is 16.5. The van der Waals surface area contributed by atoms with Crippen LogP contribution in [0.1, 0.15) is 386 Å². The lowest BCUT2D eigenvalue weighted by atomic mass is 10.0. The molecular formula is C68H133NO5. The number of hydrogen-bond acceptors (Lipinski definition) is 5. The Morgan fingerprint density at radius 2 is 0.635 bits per heavy atom. The molecule has 0 aromatic heterocycles. The Hall–Kier alpha value is -1.40. The number of nitrogens with one attached hydrogen (secondary N) is 1. The zero-order valence-corrected chi connectivity index (χ0v) is 50.4. The largest absolute Gasteiger partial charge is 0.466 e. The molecule has 0 aliphatic rings. The summed E-state index contributed by atoms with van der Waals surface area (Å²) in [4.78, 5) is 24.6. The molecular weight excluding hydrogens is 911 g/mol. The Morgan fingerprint density at radius 3 is 0.959 bits per heavy atom. The molecule has 3 N–H and O–H groups in total. The second kappa shape index (κ2) is 64.1. The minimum Gasteiger partial charge on any atom is -0.466 e. The van der Waals surface area contributed by atoms with E-state index in [1.54, 1.807) is 0 Å². The van der Waals surface area contributed by atoms with Gasteiger partial charge < -0.3 is 20.3 Å². The first kappa shape index (κ1) is 72.6. The Morgan fingerprint density at radius 1 is 0.365 bits per heavy atom. The first-order valence-electron chi connectivity index (χ1n) is 33.9. The SMILES string of the molecule is CCCCCCCCCCCCCCCCCCCCCCCCCC(O)C(CO)NC(=O)CCCCCCC/C=C\CCCCCCCCCOC(=O)CCCCCCCCCCCCCCCCCCCC. The quantitative estimate of drug-likeness (QED) is 0.0320. The van der Waals surface area contributed by atoms with Crippen molar-refractivity contribution in [3.63, 3.8) is 0 Å². The molecule has 2 atom stereocenters. The van der Waals surface area contributed by atoms with Crippen LogP contribution in [0.15, 0.2) is 12.2 Å². The Kier molecular flexibility index (Phi) is 62.9. The molecule has 0 aromatic rings. The summed E-state index contributed by atoms with van der Waals surface area (Å²) < 4.78 is 5.50. The number of carbonyl (C=O) groups excluding carboxylic acids is 2. The summed E-state index contributed by atoms with van der Waals surface area (Å²) in [7, 11) is 0. The molecule has 0 saturated heterocycles. The average molecular weight is 1040 g/mol. The fraction of sp³-hybridized carbons (Fsp3) is 0.941. The summed E-state index contributed by atoms with van der Waals surface area (Å²) in [5.41, 5.74) is 0. The van der Waals surface area contributed by atoms with Gasteiger partial charge in [-0.05, 0) is 51.4 Å². The number of unbranched alkanes of at least 4 members (excludes halogenated alkanes) is 51. The summed E-state index contributed by atoms with van der Waals surface area (Å²) >= 11 is 0. The predicted molar refractivity (Wildman–Crippen MR) is 324 cm³/mol. The Balaban J connectivity index is 3.43. The van der Waals surface area contributed by atoms with Crippen molar-refractivity contribution < 1.29 is 24.5 Å². The summed E-state index contributed by atoms with van der Waals surface area (Å²) in [6.07, 6.45) is 78.1. The molecule has 0 aliphatic carbocycles. The molecule has 0 saturated carbocycles. The van der Waals surface area contributed by atoms with Gasteiger partial charge in [0.2, 0.25) is 5.91 Å². The second-order valence-corrected chi connectivity index (χ2v) is 23.5. The molecule has 0 aromatic carbocycles. The zero-order chi connectivity index (χ0) is 53.6. The van der Waals surface area contributed by atoms with Crippen LogP contribution in [0.25, 0.3) is 0 Å². The molecule has 0 spiro atoms. The van der Waals surface area contributed by atoms with Crippen molar-refractivity contribution in [2.45, 2.75) is 398 Å². The molecule has 6 heteroatoms. The molecule has 0 radical (unpaired) electrons. The van der Waals surface area contributed by atoms with Gasteiger partial charge in [0.1, 0.15) is 0 Å². The predicted octanol–water partition coefficient (Wildman–Crippen LogP) is 21.6. The normalized spacial score (nSPS) is 12.5. The third kappa shape index (κ3) is 59.8. The number of esters is 1. The molecule has 0 heterocycles. The van der Waals surface area contributed by atoms with Crippen LogP contribution in [0.2, 0.25) is 0 Å². The molecule has 0 fully saturated rings. The third-order valence-corrected chi connectivity index (χ3v) is 16.1. The lowest BCUT2D eigenvalue weighted by molar-refractivity contribution is -0.143. The number of aliphatic hydroxyl groups is 2. The first-order valence-corrected chi connectivity index (χ1v) is 33.9. The van der Waals surface area contributed by atoms with Gasteiger partial charge >= 0.3 is 5.97 Å². The maximum Gasteiger partial charge on any atom is 0.305 e. The van der Waals surface area contributed by atoms with Crippen LogP contribution in [0.3, 0.4) is 0 Å². The summed E-state index contributed by atoms with van der Waals surface area (Å²) in [5.74, 6) is -0.0441. The number of aliphatic hydroxyl groups excluding tert-OH is 2.